The number of ether oxygens (including phenoxy) is 2. The molecule has 1 aliphatic heterocycles. The van der Waals surface area contributed by atoms with E-state index in [-0.39, 0.29) is 12.0 Å². The Morgan fingerprint density at radius 3 is 2.21 bits per heavy atom. The second-order valence-electron chi connectivity index (χ2n) is 6.58. The first kappa shape index (κ1) is 18.6. The summed E-state index contributed by atoms with van der Waals surface area (Å²) < 4.78 is 11.2. The number of amides is 2. The van der Waals surface area contributed by atoms with Crippen molar-refractivity contribution in [3.63, 3.8) is 0 Å². The van der Waals surface area contributed by atoms with Gasteiger partial charge in [-0.2, -0.15) is 0 Å². The van der Waals surface area contributed by atoms with E-state index in [1.165, 1.54) is 0 Å². The molecule has 0 saturated carbocycles. The second-order valence-corrected chi connectivity index (χ2v) is 7.37. The molecule has 1 fully saturated rings. The third-order valence-corrected chi connectivity index (χ3v) is 4.45. The molecule has 0 unspecified atom stereocenters. The number of carbonyl (C=O) groups excluding carboxylic acids is 2. The van der Waals surface area contributed by atoms with Gasteiger partial charge in [-0.15, -0.1) is 0 Å². The van der Waals surface area contributed by atoms with Crippen LogP contribution in [0.15, 0.2) is 22.7 Å². The van der Waals surface area contributed by atoms with Gasteiger partial charge in [-0.3, -0.25) is 4.79 Å². The molecule has 0 atom stereocenters. The number of methoxy groups -OCH3 is 1. The molecule has 2 amide bonds. The Kier molecular flexibility index (Phi) is 5.74. The molecular formula is C17H23BrN2O4. The fourth-order valence-electron chi connectivity index (χ4n) is 2.42. The van der Waals surface area contributed by atoms with Crippen molar-refractivity contribution >= 4 is 27.9 Å². The van der Waals surface area contributed by atoms with Crippen LogP contribution in [0.5, 0.6) is 5.75 Å². The lowest BCUT2D eigenvalue weighted by molar-refractivity contribution is 0.0140. The lowest BCUT2D eigenvalue weighted by Gasteiger charge is -2.35. The van der Waals surface area contributed by atoms with Crippen molar-refractivity contribution in [3.8, 4) is 5.75 Å². The van der Waals surface area contributed by atoms with Crippen molar-refractivity contribution in [2.45, 2.75) is 26.4 Å². The van der Waals surface area contributed by atoms with Crippen LogP contribution >= 0.6 is 15.9 Å². The van der Waals surface area contributed by atoms with E-state index < -0.39 is 5.60 Å². The zero-order chi connectivity index (χ0) is 17.9. The van der Waals surface area contributed by atoms with Gasteiger partial charge in [-0.05, 0) is 48.8 Å². The normalized spacial score (nSPS) is 15.2. The SMILES string of the molecule is COc1cccc(C(=O)N2CCN(C(=O)OC(C)(C)C)CC2)c1Br. The van der Waals surface area contributed by atoms with Crippen molar-refractivity contribution in [1.29, 1.82) is 0 Å². The average molecular weight is 399 g/mol. The summed E-state index contributed by atoms with van der Waals surface area (Å²) in [7, 11) is 1.56. The summed E-state index contributed by atoms with van der Waals surface area (Å²) in [4.78, 5) is 28.1. The molecule has 0 aromatic heterocycles. The van der Waals surface area contributed by atoms with Crippen LogP contribution in [0.3, 0.4) is 0 Å². The maximum absolute atomic E-state index is 12.7. The van der Waals surface area contributed by atoms with Gasteiger partial charge in [0.1, 0.15) is 11.4 Å². The standard InChI is InChI=1S/C17H23BrN2O4/c1-17(2,3)24-16(22)20-10-8-19(9-11-20)15(21)12-6-5-7-13(23-4)14(12)18/h5-7H,8-11H2,1-4H3. The summed E-state index contributed by atoms with van der Waals surface area (Å²) in [6, 6.07) is 5.34. The zero-order valence-electron chi connectivity index (χ0n) is 14.5. The van der Waals surface area contributed by atoms with E-state index >= 15 is 0 Å². The lowest BCUT2D eigenvalue weighted by atomic mass is 10.1. The summed E-state index contributed by atoms with van der Waals surface area (Å²) in [6.07, 6.45) is -0.336. The molecule has 0 bridgehead atoms. The van der Waals surface area contributed by atoms with Gasteiger partial charge in [0.05, 0.1) is 17.1 Å². The molecule has 1 saturated heterocycles. The lowest BCUT2D eigenvalue weighted by Crippen LogP contribution is -2.51. The molecule has 0 N–H and O–H groups in total. The van der Waals surface area contributed by atoms with Crippen LogP contribution < -0.4 is 4.74 Å². The van der Waals surface area contributed by atoms with Crippen LogP contribution in [0.25, 0.3) is 0 Å². The number of piperazine rings is 1. The first-order valence-electron chi connectivity index (χ1n) is 7.82. The average Bonchev–Trinajstić information content (AvgIpc) is 2.53. The molecule has 132 valence electrons. The third-order valence-electron chi connectivity index (χ3n) is 3.63. The smallest absolute Gasteiger partial charge is 0.410 e. The number of hydrogen-bond donors (Lipinski definition) is 0. The number of benzene rings is 1. The summed E-state index contributed by atoms with van der Waals surface area (Å²) in [5.74, 6) is 0.540. The molecule has 0 aliphatic carbocycles. The number of rotatable bonds is 2. The van der Waals surface area contributed by atoms with E-state index in [1.807, 2.05) is 20.8 Å². The van der Waals surface area contributed by atoms with Gasteiger partial charge in [0.2, 0.25) is 0 Å². The number of hydrogen-bond acceptors (Lipinski definition) is 4. The Morgan fingerprint density at radius 2 is 1.67 bits per heavy atom. The third kappa shape index (κ3) is 4.41. The van der Waals surface area contributed by atoms with Crippen LogP contribution in [-0.4, -0.2) is 60.7 Å². The highest BCUT2D eigenvalue weighted by Crippen LogP contribution is 2.29. The van der Waals surface area contributed by atoms with E-state index in [0.717, 1.165) is 0 Å². The topological polar surface area (TPSA) is 59.1 Å². The van der Waals surface area contributed by atoms with E-state index in [1.54, 1.807) is 35.1 Å². The molecule has 2 rings (SSSR count). The summed E-state index contributed by atoms with van der Waals surface area (Å²) in [6.45, 7) is 7.38. The minimum Gasteiger partial charge on any atom is -0.496 e. The number of nitrogens with zero attached hydrogens (tertiary/aromatic N) is 2. The van der Waals surface area contributed by atoms with Crippen molar-refractivity contribution in [3.05, 3.63) is 28.2 Å². The Labute approximate surface area is 150 Å². The molecule has 1 aromatic rings. The molecule has 0 spiro atoms. The molecule has 1 aromatic carbocycles. The maximum Gasteiger partial charge on any atom is 0.410 e. The second kappa shape index (κ2) is 7.42. The van der Waals surface area contributed by atoms with Gasteiger partial charge < -0.3 is 19.3 Å². The first-order chi connectivity index (χ1) is 11.2. The molecule has 0 radical (unpaired) electrons. The van der Waals surface area contributed by atoms with Crippen LogP contribution in [0, 0.1) is 0 Å². The Bertz CT molecular complexity index is 620. The van der Waals surface area contributed by atoms with Gasteiger partial charge in [-0.25, -0.2) is 4.79 Å². The highest BCUT2D eigenvalue weighted by atomic mass is 79.9. The fourth-order valence-corrected chi connectivity index (χ4v) is 3.02. The molecule has 24 heavy (non-hydrogen) atoms. The molecule has 6 nitrogen and oxygen atoms in total. The van der Waals surface area contributed by atoms with E-state index in [4.69, 9.17) is 9.47 Å². The Hall–Kier alpha value is -1.76. The fraction of sp³-hybridized carbons (Fsp3) is 0.529. The van der Waals surface area contributed by atoms with Gasteiger partial charge in [0.15, 0.2) is 0 Å². The minimum atomic E-state index is -0.518. The first-order valence-corrected chi connectivity index (χ1v) is 8.62. The van der Waals surface area contributed by atoms with Crippen LogP contribution in [0.4, 0.5) is 4.79 Å². The summed E-state index contributed by atoms with van der Waals surface area (Å²) in [5, 5.41) is 0. The van der Waals surface area contributed by atoms with Crippen molar-refractivity contribution in [2.24, 2.45) is 0 Å². The maximum atomic E-state index is 12.7. The van der Waals surface area contributed by atoms with Gasteiger partial charge in [-0.1, -0.05) is 6.07 Å². The largest absolute Gasteiger partial charge is 0.496 e. The minimum absolute atomic E-state index is 0.0791. The van der Waals surface area contributed by atoms with Crippen molar-refractivity contribution < 1.29 is 19.1 Å². The Morgan fingerprint density at radius 1 is 1.08 bits per heavy atom. The summed E-state index contributed by atoms with van der Waals surface area (Å²) in [5.41, 5.74) is 0.0373. The van der Waals surface area contributed by atoms with Crippen molar-refractivity contribution in [1.82, 2.24) is 9.80 Å². The number of halogens is 1. The van der Waals surface area contributed by atoms with Crippen LogP contribution in [0.1, 0.15) is 31.1 Å². The van der Waals surface area contributed by atoms with Gasteiger partial charge in [0.25, 0.3) is 5.91 Å². The predicted molar refractivity (Wildman–Crippen MR) is 94.4 cm³/mol. The highest BCUT2D eigenvalue weighted by Gasteiger charge is 2.29. The monoisotopic (exact) mass is 398 g/mol. The molecule has 7 heteroatoms. The quantitative estimate of drug-likeness (QED) is 0.767. The molecule has 1 heterocycles. The Balaban J connectivity index is 2.00. The predicted octanol–water partition coefficient (Wildman–Crippen LogP) is 3.15. The van der Waals surface area contributed by atoms with E-state index in [9.17, 15) is 9.59 Å². The van der Waals surface area contributed by atoms with E-state index in [2.05, 4.69) is 15.9 Å². The van der Waals surface area contributed by atoms with Crippen LogP contribution in [-0.2, 0) is 4.74 Å². The van der Waals surface area contributed by atoms with E-state index in [0.29, 0.717) is 42.0 Å². The highest BCUT2D eigenvalue weighted by molar-refractivity contribution is 9.10. The van der Waals surface area contributed by atoms with Crippen molar-refractivity contribution in [2.75, 3.05) is 33.3 Å². The molecular weight excluding hydrogens is 376 g/mol. The zero-order valence-corrected chi connectivity index (χ0v) is 16.1. The van der Waals surface area contributed by atoms with Crippen LogP contribution in [0.2, 0.25) is 0 Å². The summed E-state index contributed by atoms with van der Waals surface area (Å²) >= 11 is 3.42. The van der Waals surface area contributed by atoms with Gasteiger partial charge in [0, 0.05) is 26.2 Å². The number of carbonyl (C=O) groups is 2. The van der Waals surface area contributed by atoms with Gasteiger partial charge >= 0.3 is 6.09 Å². The molecule has 1 aliphatic rings.